The van der Waals surface area contributed by atoms with Gasteiger partial charge in [0.05, 0.1) is 22.5 Å². The average Bonchev–Trinajstić information content (AvgIpc) is 3.09. The highest BCUT2D eigenvalue weighted by atomic mass is 32.1. The Morgan fingerprint density at radius 3 is 2.60 bits per heavy atom. The molecule has 0 spiro atoms. The molecule has 4 aromatic rings. The molecule has 0 atom stereocenters. The van der Waals surface area contributed by atoms with Gasteiger partial charge in [-0.3, -0.25) is 19.0 Å². The van der Waals surface area contributed by atoms with Crippen LogP contribution in [0, 0.1) is 18.6 Å². The van der Waals surface area contributed by atoms with Crippen LogP contribution in [0.15, 0.2) is 41.3 Å². The molecule has 0 unspecified atom stereocenters. The zero-order chi connectivity index (χ0) is 21.6. The molecule has 1 N–H and O–H groups in total. The van der Waals surface area contributed by atoms with E-state index in [1.807, 2.05) is 32.0 Å². The first-order valence-corrected chi connectivity index (χ1v) is 9.81. The molecule has 0 radical (unpaired) electrons. The Morgan fingerprint density at radius 2 is 1.97 bits per heavy atom. The molecule has 0 aliphatic carbocycles. The first-order valence-electron chi connectivity index (χ1n) is 9.40. The van der Waals surface area contributed by atoms with Gasteiger partial charge in [-0.05, 0) is 50.7 Å². The summed E-state index contributed by atoms with van der Waals surface area (Å²) in [6.45, 7) is 6.24. The van der Waals surface area contributed by atoms with Crippen LogP contribution in [0.4, 0.5) is 8.78 Å². The number of aryl methyl sites for hydroxylation is 3. The highest BCUT2D eigenvalue weighted by Gasteiger charge is 2.22. The monoisotopic (exact) mass is 427 g/mol. The van der Waals surface area contributed by atoms with Gasteiger partial charge in [0.2, 0.25) is 0 Å². The lowest BCUT2D eigenvalue weighted by Gasteiger charge is -2.15. The summed E-state index contributed by atoms with van der Waals surface area (Å²) in [4.78, 5) is 19.8. The van der Waals surface area contributed by atoms with Crippen LogP contribution in [0.2, 0.25) is 0 Å². The van der Waals surface area contributed by atoms with Crippen molar-refractivity contribution in [1.29, 1.82) is 0 Å². The fourth-order valence-corrected chi connectivity index (χ4v) is 3.81. The van der Waals surface area contributed by atoms with E-state index in [9.17, 15) is 13.6 Å². The number of rotatable bonds is 4. The van der Waals surface area contributed by atoms with E-state index in [4.69, 9.17) is 12.2 Å². The molecule has 0 saturated heterocycles. The maximum atomic E-state index is 14.0. The van der Waals surface area contributed by atoms with Crippen molar-refractivity contribution in [2.75, 3.05) is 0 Å². The van der Waals surface area contributed by atoms with E-state index in [-0.39, 0.29) is 15.8 Å². The smallest absolute Gasteiger partial charge is 0.264 e. The van der Waals surface area contributed by atoms with Crippen molar-refractivity contribution in [3.63, 3.8) is 0 Å². The number of nitrogens with one attached hydrogen (secondary N) is 1. The summed E-state index contributed by atoms with van der Waals surface area (Å²) in [5.41, 5.74) is 2.15. The first kappa shape index (κ1) is 20.1. The first-order chi connectivity index (χ1) is 14.3. The summed E-state index contributed by atoms with van der Waals surface area (Å²) >= 11 is 5.39. The van der Waals surface area contributed by atoms with Crippen LogP contribution >= 0.6 is 12.2 Å². The van der Waals surface area contributed by atoms with Crippen molar-refractivity contribution in [3.05, 3.63) is 68.5 Å². The second-order valence-corrected chi connectivity index (χ2v) is 7.35. The minimum Gasteiger partial charge on any atom is -0.298 e. The van der Waals surface area contributed by atoms with Crippen molar-refractivity contribution in [2.45, 2.75) is 33.7 Å². The fourth-order valence-electron chi connectivity index (χ4n) is 3.54. The minimum absolute atomic E-state index is 0.0904. The third-order valence-corrected chi connectivity index (χ3v) is 5.32. The lowest BCUT2D eigenvalue weighted by Crippen LogP contribution is -2.17. The van der Waals surface area contributed by atoms with E-state index >= 15 is 0 Å². The summed E-state index contributed by atoms with van der Waals surface area (Å²) in [5.74, 6) is 0. The Kier molecular flexibility index (Phi) is 5.07. The Balaban J connectivity index is 2.17. The molecule has 0 fully saturated rings. The summed E-state index contributed by atoms with van der Waals surface area (Å²) < 4.78 is 31.4. The normalized spacial score (nSPS) is 11.5. The lowest BCUT2D eigenvalue weighted by atomic mass is 10.1. The van der Waals surface area contributed by atoms with Crippen LogP contribution in [0.1, 0.15) is 30.2 Å². The quantitative estimate of drug-likeness (QED) is 0.471. The third-order valence-electron chi connectivity index (χ3n) is 5.03. The molecule has 3 aromatic heterocycles. The van der Waals surface area contributed by atoms with Crippen molar-refractivity contribution in [2.24, 2.45) is 0 Å². The molecule has 6 nitrogen and oxygen atoms in total. The minimum atomic E-state index is -2.86. The molecule has 0 aliphatic rings. The van der Waals surface area contributed by atoms with Gasteiger partial charge in [0.1, 0.15) is 0 Å². The molecule has 30 heavy (non-hydrogen) atoms. The molecule has 0 bridgehead atoms. The number of fused-ring (bicyclic) bond motifs is 1. The molecule has 9 heteroatoms. The largest absolute Gasteiger partial charge is 0.298 e. The maximum absolute atomic E-state index is 14.0. The van der Waals surface area contributed by atoms with Gasteiger partial charge in [0, 0.05) is 23.9 Å². The van der Waals surface area contributed by atoms with Gasteiger partial charge in [-0.2, -0.15) is 5.10 Å². The molecule has 154 valence electrons. The fraction of sp³-hybridized carbons (Fsp3) is 0.238. The van der Waals surface area contributed by atoms with Crippen molar-refractivity contribution in [3.8, 4) is 16.9 Å². The number of aromatic amines is 1. The highest BCUT2D eigenvalue weighted by molar-refractivity contribution is 7.71. The van der Waals surface area contributed by atoms with E-state index < -0.39 is 17.5 Å². The number of para-hydroxylation sites is 1. The molecular formula is C21H19F2N5OS. The predicted molar refractivity (Wildman–Crippen MR) is 114 cm³/mol. The molecular weight excluding hydrogens is 408 g/mol. The number of aromatic nitrogens is 5. The van der Waals surface area contributed by atoms with Gasteiger partial charge >= 0.3 is 0 Å². The van der Waals surface area contributed by atoms with Gasteiger partial charge in [0.25, 0.3) is 12.0 Å². The number of hydrogen-bond acceptors (Lipinski definition) is 4. The number of benzene rings is 1. The zero-order valence-electron chi connectivity index (χ0n) is 16.6. The Hall–Kier alpha value is -3.20. The van der Waals surface area contributed by atoms with Gasteiger partial charge in [0.15, 0.2) is 10.4 Å². The van der Waals surface area contributed by atoms with Crippen LogP contribution in [0.25, 0.3) is 28.0 Å². The van der Waals surface area contributed by atoms with Crippen molar-refractivity contribution in [1.82, 2.24) is 24.3 Å². The van der Waals surface area contributed by atoms with Crippen molar-refractivity contribution >= 4 is 23.3 Å². The van der Waals surface area contributed by atoms with E-state index in [0.29, 0.717) is 29.2 Å². The lowest BCUT2D eigenvalue weighted by molar-refractivity contribution is 0.153. The highest BCUT2D eigenvalue weighted by Crippen LogP contribution is 2.31. The summed E-state index contributed by atoms with van der Waals surface area (Å²) in [5, 5.41) is 4.21. The number of pyridine rings is 1. The van der Waals surface area contributed by atoms with Crippen LogP contribution in [0.5, 0.6) is 0 Å². The standard InChI is InChI=1S/C21H19F2N5OS/c1-4-27-10-14(12(3)26-27)15-9-13(18(22)23)17-19(24-15)28(21(30)25-20(17)29)16-8-6-5-7-11(16)2/h5-10,18H,4H2,1-3H3,(H,25,29,30). The van der Waals surface area contributed by atoms with Crippen molar-refractivity contribution < 1.29 is 8.78 Å². The molecule has 0 saturated carbocycles. The van der Waals surface area contributed by atoms with E-state index in [2.05, 4.69) is 15.1 Å². The van der Waals surface area contributed by atoms with E-state index in [1.165, 1.54) is 10.6 Å². The molecule has 1 aromatic carbocycles. The summed E-state index contributed by atoms with van der Waals surface area (Å²) in [6.07, 6.45) is -1.10. The molecule has 4 rings (SSSR count). The van der Waals surface area contributed by atoms with Gasteiger partial charge in [-0.1, -0.05) is 18.2 Å². The number of H-pyrrole nitrogens is 1. The van der Waals surface area contributed by atoms with E-state index in [1.54, 1.807) is 23.9 Å². The van der Waals surface area contributed by atoms with E-state index in [0.717, 1.165) is 5.56 Å². The summed E-state index contributed by atoms with van der Waals surface area (Å²) in [7, 11) is 0. The molecule has 0 aliphatic heterocycles. The summed E-state index contributed by atoms with van der Waals surface area (Å²) in [6, 6.07) is 8.62. The predicted octanol–water partition coefficient (Wildman–Crippen LogP) is 4.88. The van der Waals surface area contributed by atoms with Gasteiger partial charge in [-0.15, -0.1) is 0 Å². The number of halogens is 2. The van der Waals surface area contributed by atoms with Gasteiger partial charge in [-0.25, -0.2) is 13.8 Å². The number of hydrogen-bond donors (Lipinski definition) is 1. The second kappa shape index (κ2) is 7.56. The number of nitrogens with zero attached hydrogens (tertiary/aromatic N) is 4. The van der Waals surface area contributed by atoms with Crippen LogP contribution in [-0.4, -0.2) is 24.3 Å². The number of alkyl halides is 2. The SMILES string of the molecule is CCn1cc(-c2cc(C(F)F)c3c(=O)[nH]c(=S)n(-c4ccccc4C)c3n2)c(C)n1. The van der Waals surface area contributed by atoms with Crippen LogP contribution < -0.4 is 5.56 Å². The van der Waals surface area contributed by atoms with Gasteiger partial charge < -0.3 is 0 Å². The topological polar surface area (TPSA) is 68.5 Å². The van der Waals surface area contributed by atoms with Crippen LogP contribution in [-0.2, 0) is 6.54 Å². The van der Waals surface area contributed by atoms with Crippen LogP contribution in [0.3, 0.4) is 0 Å². The molecule has 3 heterocycles. The Labute approximate surface area is 175 Å². The molecule has 0 amide bonds. The maximum Gasteiger partial charge on any atom is 0.264 e. The Bertz CT molecular complexity index is 1390. The Morgan fingerprint density at radius 1 is 1.23 bits per heavy atom. The third kappa shape index (κ3) is 3.24. The average molecular weight is 427 g/mol. The second-order valence-electron chi connectivity index (χ2n) is 6.96. The zero-order valence-corrected chi connectivity index (χ0v) is 17.4.